The van der Waals surface area contributed by atoms with E-state index in [-0.39, 0.29) is 0 Å². The number of benzene rings is 2. The first-order chi connectivity index (χ1) is 16.8. The average molecular weight is 534 g/mol. The van der Waals surface area contributed by atoms with Gasteiger partial charge in [0, 0.05) is 45.6 Å². The van der Waals surface area contributed by atoms with Gasteiger partial charge in [-0.2, -0.15) is 0 Å². The molecule has 2 N–H and O–H groups in total. The Labute approximate surface area is 218 Å². The average Bonchev–Trinajstić information content (AvgIpc) is 3.27. The Kier molecular flexibility index (Phi) is 10.3. The predicted octanol–water partition coefficient (Wildman–Crippen LogP) is 5.42. The highest BCUT2D eigenvalue weighted by Gasteiger charge is 2.19. The van der Waals surface area contributed by atoms with Gasteiger partial charge in [-0.25, -0.2) is 14.6 Å². The van der Waals surface area contributed by atoms with Gasteiger partial charge < -0.3 is 15.1 Å². The van der Waals surface area contributed by atoms with Crippen LogP contribution >= 0.6 is 35.0 Å². The van der Waals surface area contributed by atoms with Crippen molar-refractivity contribution in [1.29, 1.82) is 0 Å². The van der Waals surface area contributed by atoms with Crippen LogP contribution in [-0.4, -0.2) is 69.7 Å². The minimum atomic E-state index is -1.26. The summed E-state index contributed by atoms with van der Waals surface area (Å²) < 4.78 is 0. The first-order valence-electron chi connectivity index (χ1n) is 11.0. The number of aliphatic imine (C=N–C) groups is 2. The summed E-state index contributed by atoms with van der Waals surface area (Å²) in [6.45, 7) is 4.13. The minimum absolute atomic E-state index is 0.558. The first kappa shape index (κ1) is 26.9. The lowest BCUT2D eigenvalue weighted by Crippen LogP contribution is -2.22. The Hall–Kier alpha value is -2.65. The number of carboxylic acid groups (broad SMARTS) is 2. The lowest BCUT2D eigenvalue weighted by Gasteiger charge is -2.13. The Balaban J connectivity index is 0.000000371. The molecular formula is C25H25Cl2N3O4S. The molecule has 1 fully saturated rings. The quantitative estimate of drug-likeness (QED) is 0.481. The first-order valence-corrected chi connectivity index (χ1v) is 12.7. The van der Waals surface area contributed by atoms with Crippen molar-refractivity contribution in [1.82, 2.24) is 4.90 Å². The van der Waals surface area contributed by atoms with E-state index in [0.29, 0.717) is 28.7 Å². The van der Waals surface area contributed by atoms with Gasteiger partial charge in [0.15, 0.2) is 0 Å². The molecule has 4 rings (SSSR count). The number of aliphatic carboxylic acids is 2. The summed E-state index contributed by atoms with van der Waals surface area (Å²) in [6.07, 6.45) is 3.77. The highest BCUT2D eigenvalue weighted by atomic mass is 35.5. The highest BCUT2D eigenvalue weighted by Crippen LogP contribution is 2.31. The van der Waals surface area contributed by atoms with E-state index < -0.39 is 11.9 Å². The van der Waals surface area contributed by atoms with E-state index in [9.17, 15) is 9.59 Å². The molecule has 0 bridgehead atoms. The number of carboxylic acids is 2. The third-order valence-corrected chi connectivity index (χ3v) is 6.71. The van der Waals surface area contributed by atoms with Crippen LogP contribution in [0, 0.1) is 0 Å². The molecule has 0 aromatic heterocycles. The molecule has 184 valence electrons. The second kappa shape index (κ2) is 13.4. The van der Waals surface area contributed by atoms with Gasteiger partial charge in [-0.3, -0.25) is 4.99 Å². The summed E-state index contributed by atoms with van der Waals surface area (Å²) in [5.74, 6) is -1.47. The van der Waals surface area contributed by atoms with Crippen LogP contribution < -0.4 is 0 Å². The summed E-state index contributed by atoms with van der Waals surface area (Å²) in [5.41, 5.74) is 3.61. The van der Waals surface area contributed by atoms with E-state index in [1.54, 1.807) is 11.8 Å². The lowest BCUT2D eigenvalue weighted by molar-refractivity contribution is -0.134. The van der Waals surface area contributed by atoms with Crippen molar-refractivity contribution in [3.8, 4) is 0 Å². The SMILES string of the molecule is Clc1ccc2c(c1)C(c1ccccc1Cl)=NCC(SCCN1CCCC1)=N2.O=C(O)C=CC(=O)O. The Morgan fingerprint density at radius 1 is 1.00 bits per heavy atom. The van der Waals surface area contributed by atoms with Gasteiger partial charge >= 0.3 is 11.9 Å². The molecule has 0 unspecified atom stereocenters. The zero-order valence-electron chi connectivity index (χ0n) is 18.9. The van der Waals surface area contributed by atoms with Crippen LogP contribution in [0.15, 0.2) is 64.6 Å². The fraction of sp³-hybridized carbons (Fsp3) is 0.280. The van der Waals surface area contributed by atoms with Crippen LogP contribution in [0.4, 0.5) is 5.69 Å². The van der Waals surface area contributed by atoms with Gasteiger partial charge in [0.2, 0.25) is 0 Å². The van der Waals surface area contributed by atoms with Crippen molar-refractivity contribution in [3.63, 3.8) is 0 Å². The number of likely N-dealkylation sites (tertiary alicyclic amines) is 1. The molecule has 0 spiro atoms. The van der Waals surface area contributed by atoms with Gasteiger partial charge in [0.1, 0.15) is 0 Å². The largest absolute Gasteiger partial charge is 0.478 e. The Bertz CT molecular complexity index is 1150. The molecule has 2 aromatic rings. The molecule has 35 heavy (non-hydrogen) atoms. The maximum absolute atomic E-state index is 9.55. The third kappa shape index (κ3) is 8.50. The number of thioether (sulfide) groups is 1. The fourth-order valence-corrected chi connectivity index (χ4v) is 4.90. The van der Waals surface area contributed by atoms with Crippen LogP contribution in [0.2, 0.25) is 10.0 Å². The van der Waals surface area contributed by atoms with Crippen molar-refractivity contribution in [2.75, 3.05) is 31.9 Å². The van der Waals surface area contributed by atoms with Gasteiger partial charge in [0.05, 0.1) is 23.0 Å². The van der Waals surface area contributed by atoms with Crippen LogP contribution in [0.1, 0.15) is 24.0 Å². The molecule has 1 saturated heterocycles. The Morgan fingerprint density at radius 2 is 1.69 bits per heavy atom. The zero-order chi connectivity index (χ0) is 25.2. The summed E-state index contributed by atoms with van der Waals surface area (Å²) in [5, 5.41) is 18.0. The predicted molar refractivity (Wildman–Crippen MR) is 143 cm³/mol. The minimum Gasteiger partial charge on any atom is -0.478 e. The standard InChI is InChI=1S/C21H21Cl2N3S.C4H4O4/c22-15-7-8-19-17(13-15)21(16-5-1-2-6-18(16)23)24-14-20(25-19)27-12-11-26-9-3-4-10-26;5-3(6)1-2-4(7)8/h1-2,5-8,13H,3-4,9-12,14H2;1-2H,(H,5,6)(H,7,8). The summed E-state index contributed by atoms with van der Waals surface area (Å²) in [4.78, 5) is 31.4. The van der Waals surface area contributed by atoms with Gasteiger partial charge in [0.25, 0.3) is 0 Å². The van der Waals surface area contributed by atoms with Crippen molar-refractivity contribution in [3.05, 3.63) is 75.8 Å². The van der Waals surface area contributed by atoms with Gasteiger partial charge in [-0.15, -0.1) is 11.8 Å². The molecule has 2 aliphatic rings. The van der Waals surface area contributed by atoms with E-state index in [4.69, 9.17) is 43.4 Å². The van der Waals surface area contributed by atoms with E-state index in [1.165, 1.54) is 25.9 Å². The smallest absolute Gasteiger partial charge is 0.328 e. The van der Waals surface area contributed by atoms with Crippen molar-refractivity contribution in [2.45, 2.75) is 12.8 Å². The Morgan fingerprint density at radius 3 is 2.34 bits per heavy atom. The molecule has 0 aliphatic carbocycles. The third-order valence-electron chi connectivity index (χ3n) is 5.20. The zero-order valence-corrected chi connectivity index (χ0v) is 21.2. The number of carbonyl (C=O) groups is 2. The lowest BCUT2D eigenvalue weighted by atomic mass is 10.0. The molecule has 2 aromatic carbocycles. The van der Waals surface area contributed by atoms with Gasteiger partial charge in [-0.05, 0) is 50.2 Å². The maximum atomic E-state index is 9.55. The number of halogens is 2. The van der Waals surface area contributed by atoms with Crippen LogP contribution in [0.25, 0.3) is 0 Å². The van der Waals surface area contributed by atoms with E-state index in [0.717, 1.165) is 39.9 Å². The second-order valence-corrected chi connectivity index (χ2v) is 9.73. The molecule has 10 heteroatoms. The summed E-state index contributed by atoms with van der Waals surface area (Å²) in [6, 6.07) is 13.6. The second-order valence-electron chi connectivity index (χ2n) is 7.72. The van der Waals surface area contributed by atoms with Crippen LogP contribution in [0.5, 0.6) is 0 Å². The summed E-state index contributed by atoms with van der Waals surface area (Å²) in [7, 11) is 0. The molecule has 2 aliphatic heterocycles. The topological polar surface area (TPSA) is 103 Å². The van der Waals surface area contributed by atoms with E-state index in [2.05, 4.69) is 4.90 Å². The number of nitrogens with zero attached hydrogens (tertiary/aromatic N) is 3. The fourth-order valence-electron chi connectivity index (χ4n) is 3.60. The maximum Gasteiger partial charge on any atom is 0.328 e. The highest BCUT2D eigenvalue weighted by molar-refractivity contribution is 8.14. The molecule has 0 amide bonds. The van der Waals surface area contributed by atoms with Crippen LogP contribution in [0.3, 0.4) is 0 Å². The molecular weight excluding hydrogens is 509 g/mol. The van der Waals surface area contributed by atoms with Crippen molar-refractivity contribution in [2.24, 2.45) is 9.98 Å². The van der Waals surface area contributed by atoms with E-state index >= 15 is 0 Å². The van der Waals surface area contributed by atoms with Gasteiger partial charge in [-0.1, -0.05) is 41.4 Å². The van der Waals surface area contributed by atoms with E-state index in [1.807, 2.05) is 42.5 Å². The number of rotatable bonds is 6. The molecule has 0 atom stereocenters. The number of fused-ring (bicyclic) bond motifs is 1. The number of hydrogen-bond acceptors (Lipinski definition) is 6. The molecule has 2 heterocycles. The monoisotopic (exact) mass is 533 g/mol. The molecule has 0 radical (unpaired) electrons. The molecule has 7 nitrogen and oxygen atoms in total. The summed E-state index contributed by atoms with van der Waals surface area (Å²) >= 11 is 14.5. The van der Waals surface area contributed by atoms with Crippen molar-refractivity contribution >= 4 is 63.3 Å². The number of hydrogen-bond donors (Lipinski definition) is 2. The molecule has 0 saturated carbocycles. The van der Waals surface area contributed by atoms with Crippen molar-refractivity contribution < 1.29 is 19.8 Å². The normalized spacial score (nSPS) is 15.5. The van der Waals surface area contributed by atoms with Crippen LogP contribution in [-0.2, 0) is 9.59 Å².